The van der Waals surface area contributed by atoms with Gasteiger partial charge in [0.15, 0.2) is 5.82 Å². The lowest BCUT2D eigenvalue weighted by Crippen LogP contribution is -2.46. The van der Waals surface area contributed by atoms with Crippen LogP contribution in [-0.2, 0) is 11.8 Å². The maximum atomic E-state index is 5.76. The third-order valence-corrected chi connectivity index (χ3v) is 3.45. The highest BCUT2D eigenvalue weighted by molar-refractivity contribution is 5.52. The van der Waals surface area contributed by atoms with Crippen molar-refractivity contribution in [2.45, 2.75) is 26.1 Å². The summed E-state index contributed by atoms with van der Waals surface area (Å²) in [4.78, 5) is 6.55. The molecule has 0 radical (unpaired) electrons. The zero-order valence-corrected chi connectivity index (χ0v) is 12.0. The Hall–Kier alpha value is -1.95. The van der Waals surface area contributed by atoms with E-state index in [-0.39, 0.29) is 12.2 Å². The molecule has 3 rings (SSSR count). The smallest absolute Gasteiger partial charge is 0.227 e. The largest absolute Gasteiger partial charge is 0.372 e. The molecule has 0 N–H and O–H groups in total. The Labute approximate surface area is 118 Å². The first-order chi connectivity index (χ1) is 9.65. The van der Waals surface area contributed by atoms with E-state index in [2.05, 4.69) is 33.9 Å². The zero-order valence-electron chi connectivity index (χ0n) is 12.0. The molecular formula is C14H19N5O. The molecule has 1 fully saturated rings. The molecule has 20 heavy (non-hydrogen) atoms. The Bertz CT molecular complexity index is 573. The molecule has 3 heterocycles. The van der Waals surface area contributed by atoms with Gasteiger partial charge in [0, 0.05) is 26.3 Å². The molecular weight excluding hydrogens is 254 g/mol. The van der Waals surface area contributed by atoms with Gasteiger partial charge in [-0.1, -0.05) is 6.07 Å². The van der Waals surface area contributed by atoms with Crippen molar-refractivity contribution >= 4 is 5.95 Å². The number of ether oxygens (including phenoxy) is 1. The number of pyridine rings is 1. The first-order valence-corrected chi connectivity index (χ1v) is 6.86. The molecule has 1 aliphatic rings. The maximum Gasteiger partial charge on any atom is 0.227 e. The second-order valence-electron chi connectivity index (χ2n) is 5.26. The van der Waals surface area contributed by atoms with Crippen molar-refractivity contribution < 1.29 is 4.74 Å². The van der Waals surface area contributed by atoms with Crippen LogP contribution >= 0.6 is 0 Å². The molecule has 0 aromatic carbocycles. The van der Waals surface area contributed by atoms with Crippen molar-refractivity contribution in [1.29, 1.82) is 0 Å². The van der Waals surface area contributed by atoms with E-state index >= 15 is 0 Å². The van der Waals surface area contributed by atoms with E-state index in [0.29, 0.717) is 0 Å². The number of anilines is 1. The SMILES string of the molecule is C[C@@H]1CN(c2nnc(-c3ccccn3)n2C)C[C@H](C)O1. The summed E-state index contributed by atoms with van der Waals surface area (Å²) in [5.74, 6) is 1.65. The monoisotopic (exact) mass is 273 g/mol. The molecule has 6 heteroatoms. The maximum absolute atomic E-state index is 5.76. The Kier molecular flexibility index (Phi) is 3.40. The normalized spacial score (nSPS) is 23.1. The van der Waals surface area contributed by atoms with Crippen LogP contribution in [0.2, 0.25) is 0 Å². The molecule has 6 nitrogen and oxygen atoms in total. The highest BCUT2D eigenvalue weighted by atomic mass is 16.5. The summed E-state index contributed by atoms with van der Waals surface area (Å²) in [5.41, 5.74) is 0.836. The topological polar surface area (TPSA) is 56.1 Å². The zero-order chi connectivity index (χ0) is 14.1. The first-order valence-electron chi connectivity index (χ1n) is 6.86. The summed E-state index contributed by atoms with van der Waals surface area (Å²) in [5, 5.41) is 8.61. The number of nitrogens with zero attached hydrogens (tertiary/aromatic N) is 5. The van der Waals surface area contributed by atoms with Gasteiger partial charge in [0.1, 0.15) is 5.69 Å². The highest BCUT2D eigenvalue weighted by Crippen LogP contribution is 2.22. The lowest BCUT2D eigenvalue weighted by molar-refractivity contribution is -0.00586. The van der Waals surface area contributed by atoms with Gasteiger partial charge >= 0.3 is 0 Å². The van der Waals surface area contributed by atoms with Gasteiger partial charge in [-0.25, -0.2) is 0 Å². The summed E-state index contributed by atoms with van der Waals surface area (Å²) in [6.07, 6.45) is 2.17. The van der Waals surface area contributed by atoms with Crippen molar-refractivity contribution in [3.8, 4) is 11.5 Å². The van der Waals surface area contributed by atoms with Crippen LogP contribution in [-0.4, -0.2) is 45.0 Å². The molecule has 0 saturated carbocycles. The Morgan fingerprint density at radius 2 is 1.90 bits per heavy atom. The minimum atomic E-state index is 0.203. The fraction of sp³-hybridized carbons (Fsp3) is 0.500. The fourth-order valence-electron chi connectivity index (χ4n) is 2.66. The van der Waals surface area contributed by atoms with Crippen LogP contribution in [0.3, 0.4) is 0 Å². The number of aromatic nitrogens is 4. The molecule has 0 unspecified atom stereocenters. The van der Waals surface area contributed by atoms with Gasteiger partial charge in [0.05, 0.1) is 12.2 Å². The van der Waals surface area contributed by atoms with Crippen molar-refractivity contribution in [1.82, 2.24) is 19.7 Å². The quantitative estimate of drug-likeness (QED) is 0.829. The van der Waals surface area contributed by atoms with Gasteiger partial charge in [0.25, 0.3) is 0 Å². The Morgan fingerprint density at radius 1 is 1.15 bits per heavy atom. The molecule has 2 atom stereocenters. The van der Waals surface area contributed by atoms with E-state index in [1.165, 1.54) is 0 Å². The van der Waals surface area contributed by atoms with E-state index in [9.17, 15) is 0 Å². The highest BCUT2D eigenvalue weighted by Gasteiger charge is 2.26. The van der Waals surface area contributed by atoms with Crippen LogP contribution in [0.4, 0.5) is 5.95 Å². The second-order valence-corrected chi connectivity index (χ2v) is 5.26. The number of morpholine rings is 1. The number of hydrogen-bond acceptors (Lipinski definition) is 5. The number of hydrogen-bond donors (Lipinski definition) is 0. The van der Waals surface area contributed by atoms with Crippen molar-refractivity contribution in [3.05, 3.63) is 24.4 Å². The van der Waals surface area contributed by atoms with Crippen LogP contribution in [0.15, 0.2) is 24.4 Å². The molecule has 0 bridgehead atoms. The molecule has 1 saturated heterocycles. The lowest BCUT2D eigenvalue weighted by Gasteiger charge is -2.35. The van der Waals surface area contributed by atoms with E-state index in [1.54, 1.807) is 6.20 Å². The van der Waals surface area contributed by atoms with Gasteiger partial charge in [-0.2, -0.15) is 0 Å². The summed E-state index contributed by atoms with van der Waals surface area (Å²) >= 11 is 0. The predicted octanol–water partition coefficient (Wildman–Crippen LogP) is 1.49. The molecule has 0 spiro atoms. The summed E-state index contributed by atoms with van der Waals surface area (Å²) < 4.78 is 7.75. The minimum absolute atomic E-state index is 0.203. The molecule has 0 aliphatic carbocycles. The van der Waals surface area contributed by atoms with Crippen LogP contribution in [0, 0.1) is 0 Å². The third kappa shape index (κ3) is 2.38. The van der Waals surface area contributed by atoms with Crippen molar-refractivity contribution in [2.75, 3.05) is 18.0 Å². The van der Waals surface area contributed by atoms with Crippen LogP contribution < -0.4 is 4.90 Å². The molecule has 2 aromatic rings. The van der Waals surface area contributed by atoms with Crippen molar-refractivity contribution in [2.24, 2.45) is 7.05 Å². The average molecular weight is 273 g/mol. The summed E-state index contributed by atoms with van der Waals surface area (Å²) in [6, 6.07) is 5.79. The van der Waals surface area contributed by atoms with Gasteiger partial charge < -0.3 is 9.64 Å². The van der Waals surface area contributed by atoms with E-state index in [0.717, 1.165) is 30.6 Å². The Balaban J connectivity index is 1.91. The predicted molar refractivity (Wildman–Crippen MR) is 76.5 cm³/mol. The fourth-order valence-corrected chi connectivity index (χ4v) is 2.66. The van der Waals surface area contributed by atoms with E-state index in [1.807, 2.05) is 29.8 Å². The first kappa shape index (κ1) is 13.1. The van der Waals surface area contributed by atoms with Crippen molar-refractivity contribution in [3.63, 3.8) is 0 Å². The average Bonchev–Trinajstić information content (AvgIpc) is 2.80. The molecule has 2 aromatic heterocycles. The minimum Gasteiger partial charge on any atom is -0.372 e. The molecule has 0 amide bonds. The van der Waals surface area contributed by atoms with Gasteiger partial charge in [-0.3, -0.25) is 9.55 Å². The van der Waals surface area contributed by atoms with Crippen LogP contribution in [0.1, 0.15) is 13.8 Å². The standard InChI is InChI=1S/C14H19N5O/c1-10-8-19(9-11(2)20-10)14-17-16-13(18(14)3)12-6-4-5-7-15-12/h4-7,10-11H,8-9H2,1-3H3/t10-,11+. The van der Waals surface area contributed by atoms with Crippen LogP contribution in [0.5, 0.6) is 0 Å². The summed E-state index contributed by atoms with van der Waals surface area (Å²) in [7, 11) is 1.98. The summed E-state index contributed by atoms with van der Waals surface area (Å²) in [6.45, 7) is 5.83. The van der Waals surface area contributed by atoms with E-state index < -0.39 is 0 Å². The lowest BCUT2D eigenvalue weighted by atomic mass is 10.2. The van der Waals surface area contributed by atoms with Gasteiger partial charge in [0.2, 0.25) is 5.95 Å². The second kappa shape index (κ2) is 5.20. The molecule has 106 valence electrons. The van der Waals surface area contributed by atoms with Gasteiger partial charge in [-0.15, -0.1) is 10.2 Å². The Morgan fingerprint density at radius 3 is 2.55 bits per heavy atom. The van der Waals surface area contributed by atoms with Crippen LogP contribution in [0.25, 0.3) is 11.5 Å². The number of rotatable bonds is 2. The molecule has 1 aliphatic heterocycles. The van der Waals surface area contributed by atoms with Gasteiger partial charge in [-0.05, 0) is 26.0 Å². The third-order valence-electron chi connectivity index (χ3n) is 3.45. The van der Waals surface area contributed by atoms with E-state index in [4.69, 9.17) is 4.74 Å².